The van der Waals surface area contributed by atoms with Crippen LogP contribution in [0.1, 0.15) is 183 Å². The van der Waals surface area contributed by atoms with Crippen LogP contribution in [0.2, 0.25) is 0 Å². The van der Waals surface area contributed by atoms with Gasteiger partial charge in [-0.1, -0.05) is 89.9 Å². The van der Waals surface area contributed by atoms with Crippen molar-refractivity contribution in [1.82, 2.24) is 10.6 Å². The molecule has 46 heavy (non-hydrogen) atoms. The Kier molecular flexibility index (Phi) is 27.2. The molecule has 0 aliphatic carbocycles. The fourth-order valence-corrected chi connectivity index (χ4v) is 6.01. The average Bonchev–Trinajstić information content (AvgIpc) is 2.96. The molecular weight excluding hydrogens is 584 g/mol. The number of esters is 2. The van der Waals surface area contributed by atoms with E-state index in [0.29, 0.717) is 12.2 Å². The first-order valence-corrected chi connectivity index (χ1v) is 18.3. The van der Waals surface area contributed by atoms with Gasteiger partial charge in [-0.05, 0) is 52.4 Å². The van der Waals surface area contributed by atoms with Crippen molar-refractivity contribution >= 4 is 29.5 Å². The minimum atomic E-state index is -0.320. The standard InChI is InChI=1S/C37H68N2O7/c1-29(38-31(3)40)36(45-33(5)42)27-23-19-14-12-10-8-7-9-11-13-17-21-25-35(44)26-22-18-15-16-20-24-28-37(46-34(6)43)30(2)39-32(4)41/h29-30,36-37H,7-28H2,1-6H3,(H,38,40)(H,39,41)/t29-,30-,36-,37-/m1/s1. The summed E-state index contributed by atoms with van der Waals surface area (Å²) in [4.78, 5) is 57.6. The van der Waals surface area contributed by atoms with E-state index in [2.05, 4.69) is 10.6 Å². The Balaban J connectivity index is 3.62. The molecule has 268 valence electrons. The number of rotatable bonds is 30. The van der Waals surface area contributed by atoms with Gasteiger partial charge in [0.25, 0.3) is 0 Å². The number of carbonyl (C=O) groups excluding carboxylic acids is 5. The van der Waals surface area contributed by atoms with E-state index in [0.717, 1.165) is 83.5 Å². The molecule has 2 N–H and O–H groups in total. The summed E-state index contributed by atoms with van der Waals surface area (Å²) in [7, 11) is 0. The summed E-state index contributed by atoms with van der Waals surface area (Å²) in [5.41, 5.74) is 0. The predicted octanol–water partition coefficient (Wildman–Crippen LogP) is 8.05. The molecule has 0 bridgehead atoms. The number of hydrogen-bond donors (Lipinski definition) is 2. The lowest BCUT2D eigenvalue weighted by molar-refractivity contribution is -0.149. The van der Waals surface area contributed by atoms with E-state index in [9.17, 15) is 24.0 Å². The van der Waals surface area contributed by atoms with Crippen LogP contribution < -0.4 is 10.6 Å². The van der Waals surface area contributed by atoms with E-state index in [1.54, 1.807) is 0 Å². The fraction of sp³-hybridized carbons (Fsp3) is 0.865. The SMILES string of the molecule is CC(=O)N[C@H](C)[C@@H](CCCCCCCCCCCCCCC(=O)CCCCCCCC[C@@H](OC(C)=O)[C@@H](C)NC(C)=O)OC(C)=O. The maximum absolute atomic E-state index is 12.2. The third-order valence-electron chi connectivity index (χ3n) is 8.50. The van der Waals surface area contributed by atoms with Crippen LogP contribution in [0.25, 0.3) is 0 Å². The molecule has 0 fully saturated rings. The predicted molar refractivity (Wildman–Crippen MR) is 184 cm³/mol. The zero-order valence-corrected chi connectivity index (χ0v) is 30.2. The summed E-state index contributed by atoms with van der Waals surface area (Å²) in [6.45, 7) is 9.51. The molecule has 0 saturated carbocycles. The molecule has 0 heterocycles. The van der Waals surface area contributed by atoms with Crippen LogP contribution in [0, 0.1) is 0 Å². The first-order chi connectivity index (χ1) is 21.9. The summed E-state index contributed by atoms with van der Waals surface area (Å²) in [5, 5.41) is 5.64. The smallest absolute Gasteiger partial charge is 0.302 e. The van der Waals surface area contributed by atoms with Crippen LogP contribution in [-0.4, -0.2) is 53.8 Å². The molecule has 0 aromatic rings. The van der Waals surface area contributed by atoms with E-state index in [1.807, 2.05) is 13.8 Å². The quantitative estimate of drug-likeness (QED) is 0.0593. The Morgan fingerprint density at radius 3 is 0.957 bits per heavy atom. The highest BCUT2D eigenvalue weighted by Gasteiger charge is 2.21. The van der Waals surface area contributed by atoms with Crippen molar-refractivity contribution in [2.75, 3.05) is 0 Å². The largest absolute Gasteiger partial charge is 0.460 e. The summed E-state index contributed by atoms with van der Waals surface area (Å²) in [6, 6.07) is -0.364. The number of Topliss-reactive ketones (excluding diaryl/α,β-unsaturated/α-hetero) is 1. The van der Waals surface area contributed by atoms with Crippen molar-refractivity contribution < 1.29 is 33.4 Å². The summed E-state index contributed by atoms with van der Waals surface area (Å²) in [5.74, 6) is -0.448. The number of unbranched alkanes of at least 4 members (excludes halogenated alkanes) is 16. The van der Waals surface area contributed by atoms with Crippen LogP contribution in [0.4, 0.5) is 0 Å². The molecule has 9 nitrogen and oxygen atoms in total. The Hall–Kier alpha value is -2.45. The van der Waals surface area contributed by atoms with E-state index >= 15 is 0 Å². The monoisotopic (exact) mass is 653 g/mol. The number of hydrogen-bond acceptors (Lipinski definition) is 7. The maximum Gasteiger partial charge on any atom is 0.302 e. The van der Waals surface area contributed by atoms with Crippen molar-refractivity contribution in [3.8, 4) is 0 Å². The summed E-state index contributed by atoms with van der Waals surface area (Å²) < 4.78 is 10.8. The number of amides is 2. The lowest BCUT2D eigenvalue weighted by Gasteiger charge is -2.24. The summed E-state index contributed by atoms with van der Waals surface area (Å²) in [6.07, 6.45) is 22.9. The molecule has 2 amide bonds. The topological polar surface area (TPSA) is 128 Å². The van der Waals surface area contributed by atoms with Gasteiger partial charge >= 0.3 is 11.9 Å². The lowest BCUT2D eigenvalue weighted by atomic mass is 10.0. The van der Waals surface area contributed by atoms with Gasteiger partial charge in [0.15, 0.2) is 0 Å². The van der Waals surface area contributed by atoms with E-state index < -0.39 is 0 Å². The van der Waals surface area contributed by atoms with Gasteiger partial charge in [-0.15, -0.1) is 0 Å². The van der Waals surface area contributed by atoms with Crippen LogP contribution in [0.3, 0.4) is 0 Å². The molecular formula is C37H68N2O7. The van der Waals surface area contributed by atoms with Gasteiger partial charge in [-0.25, -0.2) is 0 Å². The van der Waals surface area contributed by atoms with Crippen molar-refractivity contribution in [1.29, 1.82) is 0 Å². The normalized spacial score (nSPS) is 13.7. The number of ether oxygens (including phenoxy) is 2. The van der Waals surface area contributed by atoms with Gasteiger partial charge in [0.05, 0.1) is 12.1 Å². The van der Waals surface area contributed by atoms with Crippen molar-refractivity contribution in [3.63, 3.8) is 0 Å². The van der Waals surface area contributed by atoms with Crippen LogP contribution >= 0.6 is 0 Å². The number of ketones is 1. The van der Waals surface area contributed by atoms with Crippen LogP contribution in [0.5, 0.6) is 0 Å². The highest BCUT2D eigenvalue weighted by atomic mass is 16.5. The summed E-state index contributed by atoms with van der Waals surface area (Å²) >= 11 is 0. The van der Waals surface area contributed by atoms with Gasteiger partial charge in [0, 0.05) is 40.5 Å². The lowest BCUT2D eigenvalue weighted by Crippen LogP contribution is -2.42. The molecule has 0 aliphatic rings. The van der Waals surface area contributed by atoms with Crippen LogP contribution in [0.15, 0.2) is 0 Å². The first kappa shape index (κ1) is 43.5. The molecule has 4 atom stereocenters. The molecule has 0 saturated heterocycles. The van der Waals surface area contributed by atoms with E-state index in [1.165, 1.54) is 79.1 Å². The molecule has 0 aromatic heterocycles. The highest BCUT2D eigenvalue weighted by Crippen LogP contribution is 2.17. The minimum Gasteiger partial charge on any atom is -0.460 e. The molecule has 0 unspecified atom stereocenters. The van der Waals surface area contributed by atoms with Gasteiger partial charge in [0.2, 0.25) is 11.8 Å². The zero-order valence-electron chi connectivity index (χ0n) is 30.2. The molecule has 0 aliphatic heterocycles. The molecule has 0 rings (SSSR count). The minimum absolute atomic E-state index is 0.107. The second kappa shape index (κ2) is 28.7. The molecule has 9 heteroatoms. The van der Waals surface area contributed by atoms with Gasteiger partial charge in [-0.3, -0.25) is 24.0 Å². The van der Waals surface area contributed by atoms with E-state index in [-0.39, 0.29) is 48.0 Å². The molecule has 0 aromatic carbocycles. The average molecular weight is 653 g/mol. The van der Waals surface area contributed by atoms with Crippen LogP contribution in [-0.2, 0) is 33.4 Å². The zero-order chi connectivity index (χ0) is 34.6. The third-order valence-corrected chi connectivity index (χ3v) is 8.50. The Morgan fingerprint density at radius 1 is 0.435 bits per heavy atom. The third kappa shape index (κ3) is 27.8. The van der Waals surface area contributed by atoms with Gasteiger partial charge in [-0.2, -0.15) is 0 Å². The Morgan fingerprint density at radius 2 is 0.696 bits per heavy atom. The highest BCUT2D eigenvalue weighted by molar-refractivity contribution is 5.78. The van der Waals surface area contributed by atoms with Crippen molar-refractivity contribution in [3.05, 3.63) is 0 Å². The molecule has 0 spiro atoms. The number of nitrogens with one attached hydrogen (secondary N) is 2. The van der Waals surface area contributed by atoms with Gasteiger partial charge in [0.1, 0.15) is 18.0 Å². The molecule has 0 radical (unpaired) electrons. The Labute approximate surface area is 280 Å². The fourth-order valence-electron chi connectivity index (χ4n) is 6.01. The van der Waals surface area contributed by atoms with Crippen molar-refractivity contribution in [2.45, 2.75) is 207 Å². The number of carbonyl (C=O) groups is 5. The Bertz CT molecular complexity index is 848. The van der Waals surface area contributed by atoms with Crippen molar-refractivity contribution in [2.24, 2.45) is 0 Å². The second-order valence-corrected chi connectivity index (χ2v) is 13.3. The van der Waals surface area contributed by atoms with Gasteiger partial charge < -0.3 is 20.1 Å². The first-order valence-electron chi connectivity index (χ1n) is 18.3. The maximum atomic E-state index is 12.2. The van der Waals surface area contributed by atoms with E-state index in [4.69, 9.17) is 9.47 Å². The second-order valence-electron chi connectivity index (χ2n) is 13.3.